The molecule has 0 saturated heterocycles. The number of carbonyl (C=O) groups excluding carboxylic acids is 2. The van der Waals surface area contributed by atoms with Crippen LogP contribution in [0, 0.1) is 13.8 Å². The second-order valence-electron chi connectivity index (χ2n) is 5.30. The Labute approximate surface area is 142 Å². The highest BCUT2D eigenvalue weighted by Crippen LogP contribution is 2.33. The number of rotatable bonds is 4. The normalized spacial score (nSPS) is 10.8. The van der Waals surface area contributed by atoms with Gasteiger partial charge in [-0.3, -0.25) is 9.59 Å². The van der Waals surface area contributed by atoms with Crippen molar-refractivity contribution in [3.8, 4) is 5.75 Å². The largest absolute Gasteiger partial charge is 0.493 e. The van der Waals surface area contributed by atoms with Gasteiger partial charge in [0.2, 0.25) is 0 Å². The topological polar surface area (TPSA) is 94.6 Å². The average molecular weight is 344 g/mol. The van der Waals surface area contributed by atoms with Crippen molar-refractivity contribution < 1.29 is 18.7 Å². The Bertz CT molecular complexity index is 955. The zero-order valence-corrected chi connectivity index (χ0v) is 14.2. The van der Waals surface area contributed by atoms with Crippen LogP contribution in [0.1, 0.15) is 31.4 Å². The molecule has 6 nitrogen and oxygen atoms in total. The molecule has 3 rings (SSSR count). The Hall–Kier alpha value is -2.80. The van der Waals surface area contributed by atoms with Crippen LogP contribution in [-0.2, 0) is 0 Å². The van der Waals surface area contributed by atoms with Gasteiger partial charge in [0.05, 0.1) is 12.7 Å². The van der Waals surface area contributed by atoms with Crippen LogP contribution in [-0.4, -0.2) is 18.9 Å². The number of primary amides is 1. The molecule has 0 fully saturated rings. The lowest BCUT2D eigenvalue weighted by atomic mass is 10.1. The Balaban J connectivity index is 1.96. The molecule has 3 aromatic rings. The molecule has 0 bridgehead atoms. The SMILES string of the molecule is COc1cccc2cc(C(=O)Nc3sc(C)c(C)c3C(N)=O)oc12. The molecule has 124 valence electrons. The van der Waals surface area contributed by atoms with E-state index in [0.29, 0.717) is 21.9 Å². The molecular weight excluding hydrogens is 328 g/mol. The number of ether oxygens (including phenoxy) is 1. The van der Waals surface area contributed by atoms with E-state index in [1.165, 1.54) is 18.4 Å². The van der Waals surface area contributed by atoms with Crippen LogP contribution in [0.3, 0.4) is 0 Å². The molecule has 0 aliphatic heterocycles. The molecule has 0 saturated carbocycles. The number of methoxy groups -OCH3 is 1. The molecule has 0 aliphatic rings. The van der Waals surface area contributed by atoms with Crippen molar-refractivity contribution in [2.24, 2.45) is 5.73 Å². The molecule has 2 amide bonds. The van der Waals surface area contributed by atoms with Crippen LogP contribution in [0.2, 0.25) is 0 Å². The predicted molar refractivity (Wildman–Crippen MR) is 93.0 cm³/mol. The number of benzene rings is 1. The molecule has 1 aromatic carbocycles. The number of nitrogens with two attached hydrogens (primary N) is 1. The third kappa shape index (κ3) is 2.63. The minimum Gasteiger partial charge on any atom is -0.493 e. The maximum absolute atomic E-state index is 12.5. The standard InChI is InChI=1S/C17H16N2O4S/c1-8-9(2)24-17(13(8)15(18)20)19-16(21)12-7-10-5-4-6-11(22-3)14(10)23-12/h4-7H,1-3H3,(H2,18,20)(H,19,21). The quantitative estimate of drug-likeness (QED) is 0.757. The van der Waals surface area contributed by atoms with Gasteiger partial charge in [0.25, 0.3) is 11.8 Å². The molecule has 0 radical (unpaired) electrons. The molecule has 24 heavy (non-hydrogen) atoms. The molecule has 2 heterocycles. The number of furan rings is 1. The summed E-state index contributed by atoms with van der Waals surface area (Å²) in [6, 6.07) is 7.02. The van der Waals surface area contributed by atoms with Crippen LogP contribution in [0.5, 0.6) is 5.75 Å². The number of thiophene rings is 1. The number of carbonyl (C=O) groups is 2. The highest BCUT2D eigenvalue weighted by molar-refractivity contribution is 7.16. The van der Waals surface area contributed by atoms with Gasteiger partial charge in [0, 0.05) is 10.3 Å². The van der Waals surface area contributed by atoms with Crippen LogP contribution < -0.4 is 15.8 Å². The van der Waals surface area contributed by atoms with Crippen molar-refractivity contribution in [2.45, 2.75) is 13.8 Å². The lowest BCUT2D eigenvalue weighted by molar-refractivity contribution is 0.0999. The van der Waals surface area contributed by atoms with E-state index < -0.39 is 11.8 Å². The fraction of sp³-hybridized carbons (Fsp3) is 0.176. The van der Waals surface area contributed by atoms with Gasteiger partial charge >= 0.3 is 0 Å². The zero-order valence-electron chi connectivity index (χ0n) is 13.4. The van der Waals surface area contributed by atoms with Gasteiger partial charge in [0.1, 0.15) is 5.00 Å². The van der Waals surface area contributed by atoms with E-state index in [1.807, 2.05) is 19.1 Å². The summed E-state index contributed by atoms with van der Waals surface area (Å²) < 4.78 is 10.8. The average Bonchev–Trinajstić information content (AvgIpc) is 3.08. The molecule has 0 unspecified atom stereocenters. The number of para-hydroxylation sites is 1. The fourth-order valence-corrected chi connectivity index (χ4v) is 3.55. The highest BCUT2D eigenvalue weighted by atomic mass is 32.1. The smallest absolute Gasteiger partial charge is 0.292 e. The van der Waals surface area contributed by atoms with E-state index >= 15 is 0 Å². The summed E-state index contributed by atoms with van der Waals surface area (Å²) in [5.74, 6) is -0.337. The van der Waals surface area contributed by atoms with E-state index in [2.05, 4.69) is 5.32 Å². The summed E-state index contributed by atoms with van der Waals surface area (Å²) in [4.78, 5) is 25.0. The lowest BCUT2D eigenvalue weighted by Gasteiger charge is -2.03. The zero-order chi connectivity index (χ0) is 17.4. The van der Waals surface area contributed by atoms with Gasteiger partial charge in [-0.1, -0.05) is 12.1 Å². The first-order valence-corrected chi connectivity index (χ1v) is 8.01. The third-order valence-electron chi connectivity index (χ3n) is 3.81. The number of aryl methyl sites for hydroxylation is 1. The minimum absolute atomic E-state index is 0.133. The monoisotopic (exact) mass is 344 g/mol. The van der Waals surface area contributed by atoms with E-state index in [4.69, 9.17) is 14.9 Å². The summed E-state index contributed by atoms with van der Waals surface area (Å²) in [6.07, 6.45) is 0. The minimum atomic E-state index is -0.571. The van der Waals surface area contributed by atoms with Crippen molar-refractivity contribution in [2.75, 3.05) is 12.4 Å². The Morgan fingerprint density at radius 3 is 2.71 bits per heavy atom. The van der Waals surface area contributed by atoms with Gasteiger partial charge in [-0.2, -0.15) is 0 Å². The highest BCUT2D eigenvalue weighted by Gasteiger charge is 2.21. The maximum Gasteiger partial charge on any atom is 0.292 e. The molecule has 3 N–H and O–H groups in total. The van der Waals surface area contributed by atoms with Gasteiger partial charge < -0.3 is 20.2 Å². The Morgan fingerprint density at radius 2 is 2.04 bits per heavy atom. The first-order valence-electron chi connectivity index (χ1n) is 7.20. The third-order valence-corrected chi connectivity index (χ3v) is 4.93. The van der Waals surface area contributed by atoms with E-state index in [1.54, 1.807) is 19.1 Å². The summed E-state index contributed by atoms with van der Waals surface area (Å²) >= 11 is 1.31. The van der Waals surface area contributed by atoms with Gasteiger partial charge in [0.15, 0.2) is 17.1 Å². The van der Waals surface area contributed by atoms with Crippen molar-refractivity contribution >= 4 is 39.1 Å². The summed E-state index contributed by atoms with van der Waals surface area (Å²) in [7, 11) is 1.54. The summed E-state index contributed by atoms with van der Waals surface area (Å²) in [5, 5.41) is 3.90. The first-order chi connectivity index (χ1) is 11.4. The second kappa shape index (κ2) is 6.01. The van der Waals surface area contributed by atoms with Crippen molar-refractivity contribution in [3.05, 3.63) is 46.0 Å². The number of fused-ring (bicyclic) bond motifs is 1. The summed E-state index contributed by atoms with van der Waals surface area (Å²) in [5.41, 5.74) is 7.02. The van der Waals surface area contributed by atoms with Gasteiger partial charge in [-0.25, -0.2) is 0 Å². The summed E-state index contributed by atoms with van der Waals surface area (Å²) in [6.45, 7) is 3.67. The molecular formula is C17H16N2O4S. The molecule has 2 aromatic heterocycles. The molecule has 7 heteroatoms. The number of hydrogen-bond acceptors (Lipinski definition) is 5. The van der Waals surface area contributed by atoms with Crippen LogP contribution >= 0.6 is 11.3 Å². The van der Waals surface area contributed by atoms with E-state index in [0.717, 1.165) is 15.8 Å². The van der Waals surface area contributed by atoms with Gasteiger partial charge in [-0.15, -0.1) is 11.3 Å². The number of amides is 2. The van der Waals surface area contributed by atoms with Crippen molar-refractivity contribution in [3.63, 3.8) is 0 Å². The number of hydrogen-bond donors (Lipinski definition) is 2. The van der Waals surface area contributed by atoms with E-state index in [9.17, 15) is 9.59 Å². The predicted octanol–water partition coefficient (Wildman–Crippen LogP) is 3.47. The lowest BCUT2D eigenvalue weighted by Crippen LogP contribution is -2.17. The maximum atomic E-state index is 12.5. The van der Waals surface area contributed by atoms with Crippen molar-refractivity contribution in [1.82, 2.24) is 0 Å². The second-order valence-corrected chi connectivity index (χ2v) is 6.52. The number of anilines is 1. The number of nitrogens with one attached hydrogen (secondary N) is 1. The van der Waals surface area contributed by atoms with Crippen LogP contribution in [0.25, 0.3) is 11.0 Å². The van der Waals surface area contributed by atoms with Crippen molar-refractivity contribution in [1.29, 1.82) is 0 Å². The molecule has 0 atom stereocenters. The first kappa shape index (κ1) is 16.1. The molecule has 0 spiro atoms. The van der Waals surface area contributed by atoms with Gasteiger partial charge in [-0.05, 0) is 31.5 Å². The Kier molecular flexibility index (Phi) is 4.02. The van der Waals surface area contributed by atoms with Crippen LogP contribution in [0.15, 0.2) is 28.7 Å². The van der Waals surface area contributed by atoms with Crippen LogP contribution in [0.4, 0.5) is 5.00 Å². The molecule has 0 aliphatic carbocycles. The Morgan fingerprint density at radius 1 is 1.29 bits per heavy atom. The fourth-order valence-electron chi connectivity index (χ4n) is 2.49. The van der Waals surface area contributed by atoms with E-state index in [-0.39, 0.29) is 5.76 Å².